The maximum absolute atomic E-state index is 13.7. The lowest BCUT2D eigenvalue weighted by atomic mass is 10.2. The summed E-state index contributed by atoms with van der Waals surface area (Å²) in [7, 11) is -4.04. The fourth-order valence-corrected chi connectivity index (χ4v) is 6.04. The number of H-pyrrole nitrogens is 1. The third-order valence-electron chi connectivity index (χ3n) is 5.98. The monoisotopic (exact) mass is 484 g/mol. The van der Waals surface area contributed by atoms with Gasteiger partial charge in [-0.15, -0.1) is 0 Å². The van der Waals surface area contributed by atoms with Crippen molar-refractivity contribution in [2.24, 2.45) is 5.73 Å². The average Bonchev–Trinajstić information content (AvgIpc) is 3.50. The Morgan fingerprint density at radius 2 is 2.06 bits per heavy atom. The number of benzene rings is 1. The van der Waals surface area contributed by atoms with Crippen molar-refractivity contribution < 1.29 is 23.1 Å². The molecule has 1 aliphatic rings. The third kappa shape index (κ3) is 3.46. The number of primary amides is 1. The van der Waals surface area contributed by atoms with E-state index < -0.39 is 28.1 Å². The summed E-state index contributed by atoms with van der Waals surface area (Å²) in [6.07, 6.45) is -0.106. The number of aliphatic hydroxyl groups excluding tert-OH is 1. The number of aliphatic hydroxyl groups is 1. The Hall–Kier alpha value is -3.64. The first-order valence-electron chi connectivity index (χ1n) is 10.8. The molecule has 0 unspecified atom stereocenters. The second-order valence-corrected chi connectivity index (χ2v) is 10.2. The summed E-state index contributed by atoms with van der Waals surface area (Å²) < 4.78 is 34.4. The SMILES string of the molecule is Cc1ccccc1S(=O)(=O)c1nc2[nH]ccc2c2c1nc([C@H](C)O)n2N1CC[C@H](OC(N)=O)C1. The average molecular weight is 485 g/mol. The van der Waals surface area contributed by atoms with Gasteiger partial charge in [0.05, 0.1) is 11.4 Å². The molecule has 4 aromatic rings. The number of rotatable bonds is 5. The van der Waals surface area contributed by atoms with Gasteiger partial charge in [0.1, 0.15) is 28.9 Å². The fourth-order valence-electron chi connectivity index (χ4n) is 4.48. The summed E-state index contributed by atoms with van der Waals surface area (Å²) in [5.41, 5.74) is 6.80. The predicted octanol–water partition coefficient (Wildman–Crippen LogP) is 1.91. The number of nitrogens with two attached hydrogens (primary N) is 1. The van der Waals surface area contributed by atoms with E-state index in [9.17, 15) is 18.3 Å². The molecule has 0 bridgehead atoms. The molecule has 1 aliphatic heterocycles. The number of aromatic nitrogens is 4. The van der Waals surface area contributed by atoms with Gasteiger partial charge in [0.25, 0.3) is 0 Å². The Labute approximate surface area is 195 Å². The van der Waals surface area contributed by atoms with Crippen LogP contribution in [0.5, 0.6) is 0 Å². The van der Waals surface area contributed by atoms with E-state index in [4.69, 9.17) is 10.5 Å². The zero-order valence-corrected chi connectivity index (χ0v) is 19.4. The molecular weight excluding hydrogens is 460 g/mol. The zero-order valence-electron chi connectivity index (χ0n) is 18.6. The van der Waals surface area contributed by atoms with Gasteiger partial charge >= 0.3 is 6.09 Å². The number of fused-ring (bicyclic) bond motifs is 3. The normalized spacial score (nSPS) is 17.5. The van der Waals surface area contributed by atoms with Crippen LogP contribution >= 0.6 is 0 Å². The molecule has 178 valence electrons. The summed E-state index contributed by atoms with van der Waals surface area (Å²) in [5, 5.41) is 12.9. The first kappa shape index (κ1) is 22.2. The topological polar surface area (TPSA) is 156 Å². The summed E-state index contributed by atoms with van der Waals surface area (Å²) in [5.74, 6) is 0.256. The van der Waals surface area contributed by atoms with Gasteiger partial charge in [0.2, 0.25) is 9.84 Å². The summed E-state index contributed by atoms with van der Waals surface area (Å²) in [6.45, 7) is 4.07. The standard InChI is InChI=1S/C22H24N6O5S/c1-12-5-3-4-6-16(12)34(31,32)21-17-18(15-7-9-24-19(15)26-21)28(20(25-17)13(2)29)27-10-8-14(11-27)33-22(23)30/h3-7,9,13-14,29H,8,10-11H2,1-2H3,(H2,23,30)(H,24,26)/t13-,14-/m0/s1. The number of pyridine rings is 1. The number of hydrogen-bond acceptors (Lipinski definition) is 8. The lowest BCUT2D eigenvalue weighted by Crippen LogP contribution is -2.36. The molecule has 5 rings (SSSR count). The van der Waals surface area contributed by atoms with Gasteiger partial charge < -0.3 is 25.6 Å². The molecule has 11 nitrogen and oxygen atoms in total. The van der Waals surface area contributed by atoms with Crippen LogP contribution in [0.4, 0.5) is 4.79 Å². The first-order valence-corrected chi connectivity index (χ1v) is 12.3. The Bertz CT molecular complexity index is 1520. The molecule has 1 saturated heterocycles. The van der Waals surface area contributed by atoms with E-state index in [0.717, 1.165) is 0 Å². The molecule has 0 saturated carbocycles. The van der Waals surface area contributed by atoms with Crippen molar-refractivity contribution in [2.75, 3.05) is 18.1 Å². The van der Waals surface area contributed by atoms with E-state index in [-0.39, 0.29) is 21.3 Å². The number of carbonyl (C=O) groups excluding carboxylic acids is 1. The highest BCUT2D eigenvalue weighted by atomic mass is 32.2. The molecule has 1 amide bonds. The number of carbonyl (C=O) groups is 1. The number of sulfone groups is 1. The van der Waals surface area contributed by atoms with Crippen LogP contribution in [0.15, 0.2) is 46.5 Å². The molecule has 0 radical (unpaired) electrons. The third-order valence-corrected chi connectivity index (χ3v) is 7.81. The first-order chi connectivity index (χ1) is 16.2. The summed E-state index contributed by atoms with van der Waals surface area (Å²) in [4.78, 5) is 23.4. The second-order valence-electron chi connectivity index (χ2n) is 8.34. The van der Waals surface area contributed by atoms with Gasteiger partial charge in [-0.05, 0) is 31.5 Å². The van der Waals surface area contributed by atoms with E-state index in [1.54, 1.807) is 49.0 Å². The number of imidazole rings is 1. The van der Waals surface area contributed by atoms with Crippen molar-refractivity contribution in [3.05, 3.63) is 47.9 Å². The van der Waals surface area contributed by atoms with Crippen LogP contribution in [0.1, 0.15) is 30.8 Å². The van der Waals surface area contributed by atoms with E-state index in [1.807, 2.05) is 5.01 Å². The lowest BCUT2D eigenvalue weighted by Gasteiger charge is -2.24. The highest BCUT2D eigenvalue weighted by Crippen LogP contribution is 2.35. The smallest absolute Gasteiger partial charge is 0.404 e. The minimum Gasteiger partial charge on any atom is -0.444 e. The van der Waals surface area contributed by atoms with E-state index >= 15 is 0 Å². The van der Waals surface area contributed by atoms with Crippen LogP contribution in [0.3, 0.4) is 0 Å². The van der Waals surface area contributed by atoms with Gasteiger partial charge in [0.15, 0.2) is 10.9 Å². The number of ether oxygens (including phenoxy) is 1. The molecule has 3 aromatic heterocycles. The maximum Gasteiger partial charge on any atom is 0.404 e. The number of nitrogens with one attached hydrogen (secondary N) is 1. The number of aromatic amines is 1. The molecule has 34 heavy (non-hydrogen) atoms. The number of aryl methyl sites for hydroxylation is 1. The molecule has 4 heterocycles. The van der Waals surface area contributed by atoms with Crippen LogP contribution in [0.2, 0.25) is 0 Å². The van der Waals surface area contributed by atoms with Crippen molar-refractivity contribution in [1.82, 2.24) is 19.6 Å². The number of nitrogens with zero attached hydrogens (tertiary/aromatic N) is 4. The molecule has 0 spiro atoms. The van der Waals surface area contributed by atoms with E-state index in [0.29, 0.717) is 41.6 Å². The van der Waals surface area contributed by atoms with Crippen molar-refractivity contribution in [1.29, 1.82) is 0 Å². The van der Waals surface area contributed by atoms with Crippen LogP contribution in [-0.4, -0.2) is 58.4 Å². The van der Waals surface area contributed by atoms with Crippen LogP contribution in [0.25, 0.3) is 22.1 Å². The van der Waals surface area contributed by atoms with Gasteiger partial charge in [-0.25, -0.2) is 27.9 Å². The highest BCUT2D eigenvalue weighted by molar-refractivity contribution is 7.91. The molecule has 1 fully saturated rings. The molecule has 12 heteroatoms. The quantitative estimate of drug-likeness (QED) is 0.388. The Kier molecular flexibility index (Phi) is 5.21. The van der Waals surface area contributed by atoms with E-state index in [2.05, 4.69) is 15.0 Å². The highest BCUT2D eigenvalue weighted by Gasteiger charge is 2.34. The fraction of sp³-hybridized carbons (Fsp3) is 0.318. The van der Waals surface area contributed by atoms with Crippen LogP contribution in [0, 0.1) is 6.92 Å². The predicted molar refractivity (Wildman–Crippen MR) is 124 cm³/mol. The minimum atomic E-state index is -4.04. The van der Waals surface area contributed by atoms with Crippen molar-refractivity contribution in [3.8, 4) is 0 Å². The summed E-state index contributed by atoms with van der Waals surface area (Å²) in [6, 6.07) is 8.47. The number of hydrogen-bond donors (Lipinski definition) is 3. The molecule has 2 atom stereocenters. The minimum absolute atomic E-state index is 0.138. The Morgan fingerprint density at radius 1 is 1.29 bits per heavy atom. The zero-order chi connectivity index (χ0) is 24.2. The Morgan fingerprint density at radius 3 is 2.76 bits per heavy atom. The van der Waals surface area contributed by atoms with Crippen LogP contribution in [-0.2, 0) is 14.6 Å². The maximum atomic E-state index is 13.7. The van der Waals surface area contributed by atoms with Gasteiger partial charge in [-0.3, -0.25) is 0 Å². The molecule has 1 aromatic carbocycles. The summed E-state index contributed by atoms with van der Waals surface area (Å²) >= 11 is 0. The van der Waals surface area contributed by atoms with Gasteiger partial charge in [0, 0.05) is 24.5 Å². The van der Waals surface area contributed by atoms with Crippen molar-refractivity contribution in [3.63, 3.8) is 0 Å². The molecular formula is C22H24N6O5S. The lowest BCUT2D eigenvalue weighted by molar-refractivity contribution is 0.116. The van der Waals surface area contributed by atoms with Crippen molar-refractivity contribution >= 4 is 38.0 Å². The second kappa shape index (κ2) is 7.99. The molecule has 0 aliphatic carbocycles. The molecule has 4 N–H and O–H groups in total. The van der Waals surface area contributed by atoms with E-state index in [1.165, 1.54) is 6.07 Å². The van der Waals surface area contributed by atoms with Gasteiger partial charge in [-0.1, -0.05) is 18.2 Å². The largest absolute Gasteiger partial charge is 0.444 e. The van der Waals surface area contributed by atoms with Crippen LogP contribution < -0.4 is 10.7 Å². The van der Waals surface area contributed by atoms with Crippen molar-refractivity contribution in [2.45, 2.75) is 42.4 Å². The van der Waals surface area contributed by atoms with Gasteiger partial charge in [-0.2, -0.15) is 0 Å². The number of amides is 1. The Balaban J connectivity index is 1.78.